The molecule has 0 unspecified atom stereocenters. The van der Waals surface area contributed by atoms with E-state index < -0.39 is 6.29 Å². The lowest BCUT2D eigenvalue weighted by atomic mass is 9.80. The third-order valence-electron chi connectivity index (χ3n) is 2.44. The van der Waals surface area contributed by atoms with Crippen molar-refractivity contribution >= 4 is 0 Å². The lowest BCUT2D eigenvalue weighted by Gasteiger charge is -2.33. The van der Waals surface area contributed by atoms with Gasteiger partial charge >= 0.3 is 0 Å². The third kappa shape index (κ3) is 2.77. The third-order valence-corrected chi connectivity index (χ3v) is 2.44. The molecule has 0 aromatic carbocycles. The van der Waals surface area contributed by atoms with Crippen molar-refractivity contribution < 1.29 is 10.2 Å². The summed E-state index contributed by atoms with van der Waals surface area (Å²) in [7, 11) is 0. The van der Waals surface area contributed by atoms with Gasteiger partial charge in [-0.1, -0.05) is 19.3 Å². The van der Waals surface area contributed by atoms with Gasteiger partial charge in [-0.15, -0.1) is 0 Å². The van der Waals surface area contributed by atoms with E-state index in [1.807, 2.05) is 0 Å². The number of aliphatic hydroxyl groups is 2. The molecule has 3 nitrogen and oxygen atoms in total. The minimum Gasteiger partial charge on any atom is -0.368 e. The fraction of sp³-hybridized carbons (Fsp3) is 1.00. The zero-order valence-corrected chi connectivity index (χ0v) is 6.79. The van der Waals surface area contributed by atoms with Gasteiger partial charge < -0.3 is 15.9 Å². The SMILES string of the molecule is NC1(CC(O)O)CCCCC1. The van der Waals surface area contributed by atoms with Gasteiger partial charge in [-0.3, -0.25) is 0 Å². The van der Waals surface area contributed by atoms with E-state index in [4.69, 9.17) is 15.9 Å². The Kier molecular flexibility index (Phi) is 2.87. The predicted molar refractivity (Wildman–Crippen MR) is 42.8 cm³/mol. The highest BCUT2D eigenvalue weighted by Gasteiger charge is 2.28. The minimum absolute atomic E-state index is 0.299. The summed E-state index contributed by atoms with van der Waals surface area (Å²) in [4.78, 5) is 0. The first-order chi connectivity index (χ1) is 5.12. The Balaban J connectivity index is 2.37. The highest BCUT2D eigenvalue weighted by atomic mass is 16.5. The number of nitrogens with two attached hydrogens (primary N) is 1. The summed E-state index contributed by atoms with van der Waals surface area (Å²) in [6, 6.07) is 0. The molecule has 1 saturated carbocycles. The molecule has 0 aromatic heterocycles. The predicted octanol–water partition coefficient (Wildman–Crippen LogP) is 0.349. The van der Waals surface area contributed by atoms with Crippen molar-refractivity contribution in [3.05, 3.63) is 0 Å². The van der Waals surface area contributed by atoms with Crippen LogP contribution < -0.4 is 5.73 Å². The van der Waals surface area contributed by atoms with Crippen molar-refractivity contribution in [2.24, 2.45) is 5.73 Å². The number of hydrogen-bond acceptors (Lipinski definition) is 3. The van der Waals surface area contributed by atoms with Gasteiger partial charge in [-0.05, 0) is 12.8 Å². The van der Waals surface area contributed by atoms with E-state index in [1.165, 1.54) is 6.42 Å². The molecule has 0 bridgehead atoms. The van der Waals surface area contributed by atoms with Gasteiger partial charge in [0, 0.05) is 12.0 Å². The molecule has 11 heavy (non-hydrogen) atoms. The number of rotatable bonds is 2. The normalized spacial score (nSPS) is 24.0. The zero-order chi connectivity index (χ0) is 8.32. The molecule has 0 heterocycles. The van der Waals surface area contributed by atoms with Crippen LogP contribution in [0.3, 0.4) is 0 Å². The van der Waals surface area contributed by atoms with Crippen LogP contribution in [0.25, 0.3) is 0 Å². The van der Waals surface area contributed by atoms with Crippen molar-refractivity contribution in [1.82, 2.24) is 0 Å². The molecule has 0 spiro atoms. The summed E-state index contributed by atoms with van der Waals surface area (Å²) in [5, 5.41) is 17.5. The molecule has 1 fully saturated rings. The van der Waals surface area contributed by atoms with E-state index in [-0.39, 0.29) is 5.54 Å². The van der Waals surface area contributed by atoms with Crippen LogP contribution in [0.1, 0.15) is 38.5 Å². The molecule has 0 amide bonds. The Morgan fingerprint density at radius 3 is 2.18 bits per heavy atom. The highest BCUT2D eigenvalue weighted by molar-refractivity contribution is 4.87. The maximum atomic E-state index is 8.75. The van der Waals surface area contributed by atoms with Crippen LogP contribution in [0.5, 0.6) is 0 Å². The lowest BCUT2D eigenvalue weighted by molar-refractivity contribution is -0.0631. The van der Waals surface area contributed by atoms with Gasteiger partial charge in [0.05, 0.1) is 0 Å². The molecule has 0 radical (unpaired) electrons. The Hall–Kier alpha value is -0.120. The zero-order valence-electron chi connectivity index (χ0n) is 6.79. The van der Waals surface area contributed by atoms with Gasteiger partial charge in [-0.25, -0.2) is 0 Å². The fourth-order valence-corrected chi connectivity index (χ4v) is 1.82. The molecule has 0 saturated heterocycles. The van der Waals surface area contributed by atoms with E-state index in [9.17, 15) is 0 Å². The maximum Gasteiger partial charge on any atom is 0.153 e. The second-order valence-electron chi connectivity index (χ2n) is 3.61. The van der Waals surface area contributed by atoms with E-state index in [2.05, 4.69) is 0 Å². The Morgan fingerprint density at radius 2 is 1.73 bits per heavy atom. The van der Waals surface area contributed by atoms with Crippen molar-refractivity contribution in [1.29, 1.82) is 0 Å². The molecule has 0 atom stereocenters. The first-order valence-corrected chi connectivity index (χ1v) is 4.27. The summed E-state index contributed by atoms with van der Waals surface area (Å²) in [6.07, 6.45) is 4.45. The average Bonchev–Trinajstić information content (AvgIpc) is 1.85. The number of hydrogen-bond donors (Lipinski definition) is 3. The van der Waals surface area contributed by atoms with Crippen LogP contribution >= 0.6 is 0 Å². The van der Waals surface area contributed by atoms with Crippen molar-refractivity contribution in [3.63, 3.8) is 0 Å². The van der Waals surface area contributed by atoms with Crippen LogP contribution in [0.2, 0.25) is 0 Å². The number of aliphatic hydroxyl groups excluding tert-OH is 1. The van der Waals surface area contributed by atoms with E-state index in [0.717, 1.165) is 25.7 Å². The van der Waals surface area contributed by atoms with Crippen molar-refractivity contribution in [2.75, 3.05) is 0 Å². The molecule has 3 heteroatoms. The average molecular weight is 159 g/mol. The van der Waals surface area contributed by atoms with E-state index in [1.54, 1.807) is 0 Å². The van der Waals surface area contributed by atoms with Crippen LogP contribution in [0, 0.1) is 0 Å². The molecule has 1 aliphatic carbocycles. The smallest absolute Gasteiger partial charge is 0.153 e. The summed E-state index contributed by atoms with van der Waals surface area (Å²) in [5.41, 5.74) is 5.64. The summed E-state index contributed by atoms with van der Waals surface area (Å²) < 4.78 is 0. The van der Waals surface area contributed by atoms with Crippen LogP contribution in [0.15, 0.2) is 0 Å². The van der Waals surface area contributed by atoms with E-state index in [0.29, 0.717) is 6.42 Å². The molecule has 1 aliphatic rings. The molecule has 0 aromatic rings. The highest BCUT2D eigenvalue weighted by Crippen LogP contribution is 2.29. The monoisotopic (exact) mass is 159 g/mol. The Bertz CT molecular complexity index is 119. The van der Waals surface area contributed by atoms with Gasteiger partial charge in [0.25, 0.3) is 0 Å². The topological polar surface area (TPSA) is 66.5 Å². The maximum absolute atomic E-state index is 8.75. The van der Waals surface area contributed by atoms with Crippen LogP contribution in [0.4, 0.5) is 0 Å². The second-order valence-corrected chi connectivity index (χ2v) is 3.61. The summed E-state index contributed by atoms with van der Waals surface area (Å²) >= 11 is 0. The van der Waals surface area contributed by atoms with Gasteiger partial charge in [0.2, 0.25) is 0 Å². The second kappa shape index (κ2) is 3.52. The largest absolute Gasteiger partial charge is 0.368 e. The van der Waals surface area contributed by atoms with Crippen molar-refractivity contribution in [3.8, 4) is 0 Å². The molecule has 1 rings (SSSR count). The molecule has 4 N–H and O–H groups in total. The van der Waals surface area contributed by atoms with Crippen LogP contribution in [-0.2, 0) is 0 Å². The van der Waals surface area contributed by atoms with Crippen molar-refractivity contribution in [2.45, 2.75) is 50.4 Å². The standard InChI is InChI=1S/C8H17NO2/c9-8(6-7(10)11)4-2-1-3-5-8/h7,10-11H,1-6,9H2. The first kappa shape index (κ1) is 8.97. The molecule has 66 valence electrons. The van der Waals surface area contributed by atoms with Gasteiger partial charge in [0.1, 0.15) is 0 Å². The Morgan fingerprint density at radius 1 is 1.18 bits per heavy atom. The quantitative estimate of drug-likeness (QED) is 0.509. The summed E-state index contributed by atoms with van der Waals surface area (Å²) in [6.45, 7) is 0. The molecule has 0 aliphatic heterocycles. The van der Waals surface area contributed by atoms with Gasteiger partial charge in [-0.2, -0.15) is 0 Å². The minimum atomic E-state index is -1.24. The van der Waals surface area contributed by atoms with Gasteiger partial charge in [0.15, 0.2) is 6.29 Å². The molecular formula is C8H17NO2. The Labute approximate surface area is 67.2 Å². The van der Waals surface area contributed by atoms with Crippen LogP contribution in [-0.4, -0.2) is 22.0 Å². The lowest BCUT2D eigenvalue weighted by Crippen LogP contribution is -2.44. The van der Waals surface area contributed by atoms with E-state index >= 15 is 0 Å². The summed E-state index contributed by atoms with van der Waals surface area (Å²) in [5.74, 6) is 0. The fourth-order valence-electron chi connectivity index (χ4n) is 1.82. The molecular weight excluding hydrogens is 142 g/mol. The first-order valence-electron chi connectivity index (χ1n) is 4.27.